The molecule has 2 rings (SSSR count). The van der Waals surface area contributed by atoms with E-state index in [1.807, 2.05) is 31.2 Å². The molecule has 0 heterocycles. The van der Waals surface area contributed by atoms with Gasteiger partial charge in [0, 0.05) is 12.2 Å². The fourth-order valence-electron chi connectivity index (χ4n) is 2.22. The summed E-state index contributed by atoms with van der Waals surface area (Å²) in [6.45, 7) is 7.54. The molecular weight excluding hydrogens is 344 g/mol. The first-order valence-corrected chi connectivity index (χ1v) is 9.01. The average Bonchev–Trinajstić information content (AvgIpc) is 2.66. The van der Waals surface area contributed by atoms with E-state index in [1.54, 1.807) is 24.3 Å². The van der Waals surface area contributed by atoms with Crippen molar-refractivity contribution in [1.82, 2.24) is 5.32 Å². The molecule has 2 amide bonds. The third-order valence-corrected chi connectivity index (χ3v) is 3.59. The maximum absolute atomic E-state index is 12.0. The molecule has 0 saturated heterocycles. The van der Waals surface area contributed by atoms with Gasteiger partial charge in [-0.2, -0.15) is 0 Å². The molecule has 6 nitrogen and oxygen atoms in total. The summed E-state index contributed by atoms with van der Waals surface area (Å²) >= 11 is 0. The smallest absolute Gasteiger partial charge is 0.313 e. The molecule has 0 spiro atoms. The second kappa shape index (κ2) is 10.2. The van der Waals surface area contributed by atoms with E-state index >= 15 is 0 Å². The summed E-state index contributed by atoms with van der Waals surface area (Å²) in [6.07, 6.45) is 0. The van der Waals surface area contributed by atoms with Gasteiger partial charge in [-0.25, -0.2) is 0 Å². The number of carbonyl (C=O) groups excluding carboxylic acids is 2. The van der Waals surface area contributed by atoms with Crippen LogP contribution < -0.4 is 20.1 Å². The fraction of sp³-hybridized carbons (Fsp3) is 0.333. The number of hydrogen-bond acceptors (Lipinski definition) is 4. The van der Waals surface area contributed by atoms with Crippen molar-refractivity contribution in [2.75, 3.05) is 18.5 Å². The molecule has 0 aromatic heterocycles. The first kappa shape index (κ1) is 20.3. The van der Waals surface area contributed by atoms with Gasteiger partial charge in [-0.1, -0.05) is 26.0 Å². The van der Waals surface area contributed by atoms with Crippen molar-refractivity contribution >= 4 is 17.5 Å². The van der Waals surface area contributed by atoms with Crippen molar-refractivity contribution in [2.45, 2.75) is 27.3 Å². The van der Waals surface area contributed by atoms with Crippen LogP contribution in [-0.4, -0.2) is 25.0 Å². The number of nitrogens with one attached hydrogen (secondary N) is 2. The van der Waals surface area contributed by atoms with Crippen LogP contribution in [0.3, 0.4) is 0 Å². The SMILES string of the molecule is CCOc1ccc(CNC(=O)C(=O)Nc2ccc(OCC(C)C)cc2)cc1. The van der Waals surface area contributed by atoms with Crippen LogP contribution in [0, 0.1) is 5.92 Å². The van der Waals surface area contributed by atoms with Crippen molar-refractivity contribution in [3.8, 4) is 11.5 Å². The predicted molar refractivity (Wildman–Crippen MR) is 105 cm³/mol. The van der Waals surface area contributed by atoms with Gasteiger partial charge in [-0.3, -0.25) is 9.59 Å². The minimum absolute atomic E-state index is 0.265. The Bertz CT molecular complexity index is 740. The molecule has 2 aromatic carbocycles. The average molecular weight is 370 g/mol. The van der Waals surface area contributed by atoms with E-state index in [4.69, 9.17) is 9.47 Å². The Morgan fingerprint density at radius 1 is 0.889 bits per heavy atom. The van der Waals surface area contributed by atoms with Crippen molar-refractivity contribution in [1.29, 1.82) is 0 Å². The van der Waals surface area contributed by atoms with Crippen LogP contribution >= 0.6 is 0 Å². The monoisotopic (exact) mass is 370 g/mol. The van der Waals surface area contributed by atoms with E-state index in [-0.39, 0.29) is 6.54 Å². The maximum atomic E-state index is 12.0. The van der Waals surface area contributed by atoms with Crippen LogP contribution in [0.1, 0.15) is 26.3 Å². The quantitative estimate of drug-likeness (QED) is 0.699. The third kappa shape index (κ3) is 7.01. The summed E-state index contributed by atoms with van der Waals surface area (Å²) in [6, 6.07) is 14.3. The number of amides is 2. The van der Waals surface area contributed by atoms with E-state index in [9.17, 15) is 9.59 Å². The zero-order valence-electron chi connectivity index (χ0n) is 16.0. The molecule has 0 atom stereocenters. The molecule has 0 unspecified atom stereocenters. The Labute approximate surface area is 159 Å². The second-order valence-corrected chi connectivity index (χ2v) is 6.44. The van der Waals surface area contributed by atoms with Gasteiger partial charge in [0.05, 0.1) is 13.2 Å². The van der Waals surface area contributed by atoms with Crippen LogP contribution in [0.15, 0.2) is 48.5 Å². The zero-order valence-corrected chi connectivity index (χ0v) is 16.0. The lowest BCUT2D eigenvalue weighted by molar-refractivity contribution is -0.136. The van der Waals surface area contributed by atoms with Gasteiger partial charge in [0.15, 0.2) is 0 Å². The van der Waals surface area contributed by atoms with Crippen molar-refractivity contribution in [3.05, 3.63) is 54.1 Å². The van der Waals surface area contributed by atoms with Crippen LogP contribution in [0.5, 0.6) is 11.5 Å². The molecular formula is C21H26N2O4. The highest BCUT2D eigenvalue weighted by atomic mass is 16.5. The van der Waals surface area contributed by atoms with Crippen LogP contribution in [-0.2, 0) is 16.1 Å². The molecule has 0 aliphatic carbocycles. The Morgan fingerprint density at radius 2 is 1.48 bits per heavy atom. The summed E-state index contributed by atoms with van der Waals surface area (Å²) in [5.41, 5.74) is 1.42. The summed E-state index contributed by atoms with van der Waals surface area (Å²) < 4.78 is 11.0. The Morgan fingerprint density at radius 3 is 2.07 bits per heavy atom. The van der Waals surface area contributed by atoms with E-state index in [0.717, 1.165) is 17.1 Å². The van der Waals surface area contributed by atoms with Crippen LogP contribution in [0.4, 0.5) is 5.69 Å². The Kier molecular flexibility index (Phi) is 7.67. The molecule has 6 heteroatoms. The first-order valence-electron chi connectivity index (χ1n) is 9.01. The maximum Gasteiger partial charge on any atom is 0.313 e. The summed E-state index contributed by atoms with van der Waals surface area (Å²) in [5, 5.41) is 5.17. The molecule has 0 radical (unpaired) electrons. The Hall–Kier alpha value is -3.02. The highest BCUT2D eigenvalue weighted by Gasteiger charge is 2.13. The van der Waals surface area contributed by atoms with Crippen molar-refractivity contribution in [2.24, 2.45) is 5.92 Å². The number of benzene rings is 2. The number of anilines is 1. The molecule has 0 fully saturated rings. The lowest BCUT2D eigenvalue weighted by Gasteiger charge is -2.10. The molecule has 0 aliphatic rings. The van der Waals surface area contributed by atoms with E-state index in [0.29, 0.717) is 24.8 Å². The van der Waals surface area contributed by atoms with Crippen LogP contribution in [0.2, 0.25) is 0 Å². The molecule has 2 aromatic rings. The highest BCUT2D eigenvalue weighted by Crippen LogP contribution is 2.16. The standard InChI is InChI=1S/C21H26N2O4/c1-4-26-18-9-5-16(6-10-18)13-22-20(24)21(25)23-17-7-11-19(12-8-17)27-14-15(2)3/h5-12,15H,4,13-14H2,1-3H3,(H,22,24)(H,23,25). The van der Waals surface area contributed by atoms with Crippen LogP contribution in [0.25, 0.3) is 0 Å². The lowest BCUT2D eigenvalue weighted by Crippen LogP contribution is -2.34. The van der Waals surface area contributed by atoms with Gasteiger partial charge in [-0.15, -0.1) is 0 Å². The largest absolute Gasteiger partial charge is 0.494 e. The molecule has 0 bridgehead atoms. The van der Waals surface area contributed by atoms with Gasteiger partial charge in [0.2, 0.25) is 0 Å². The first-order chi connectivity index (χ1) is 13.0. The fourth-order valence-corrected chi connectivity index (χ4v) is 2.22. The molecule has 27 heavy (non-hydrogen) atoms. The van der Waals surface area contributed by atoms with E-state index < -0.39 is 11.8 Å². The van der Waals surface area contributed by atoms with E-state index in [2.05, 4.69) is 24.5 Å². The van der Waals surface area contributed by atoms with Gasteiger partial charge >= 0.3 is 11.8 Å². The normalized spacial score (nSPS) is 10.4. The summed E-state index contributed by atoms with van der Waals surface area (Å²) in [4.78, 5) is 24.0. The second-order valence-electron chi connectivity index (χ2n) is 6.44. The van der Waals surface area contributed by atoms with E-state index in [1.165, 1.54) is 0 Å². The van der Waals surface area contributed by atoms with Gasteiger partial charge < -0.3 is 20.1 Å². The third-order valence-electron chi connectivity index (χ3n) is 3.59. The minimum atomic E-state index is -0.711. The van der Waals surface area contributed by atoms with Crippen molar-refractivity contribution in [3.63, 3.8) is 0 Å². The number of rotatable bonds is 8. The molecule has 0 saturated carbocycles. The van der Waals surface area contributed by atoms with Gasteiger partial charge in [-0.05, 0) is 54.8 Å². The predicted octanol–water partition coefficient (Wildman–Crippen LogP) is 3.38. The van der Waals surface area contributed by atoms with Gasteiger partial charge in [0.1, 0.15) is 11.5 Å². The number of hydrogen-bond donors (Lipinski definition) is 2. The highest BCUT2D eigenvalue weighted by molar-refractivity contribution is 6.39. The molecule has 144 valence electrons. The molecule has 2 N–H and O–H groups in total. The zero-order chi connectivity index (χ0) is 19.6. The topological polar surface area (TPSA) is 76.7 Å². The van der Waals surface area contributed by atoms with Crippen molar-refractivity contribution < 1.29 is 19.1 Å². The van der Waals surface area contributed by atoms with Gasteiger partial charge in [0.25, 0.3) is 0 Å². The molecule has 0 aliphatic heterocycles. The summed E-state index contributed by atoms with van der Waals surface area (Å²) in [5.74, 6) is 0.525. The number of carbonyl (C=O) groups is 2. The number of ether oxygens (including phenoxy) is 2. The minimum Gasteiger partial charge on any atom is -0.494 e. The summed E-state index contributed by atoms with van der Waals surface area (Å²) in [7, 11) is 0. The Balaban J connectivity index is 1.80. The lowest BCUT2D eigenvalue weighted by atomic mass is 10.2.